The molecular weight excluding hydrogens is 382 g/mol. The molecule has 2 aromatic carbocycles. The molecule has 138 valence electrons. The van der Waals surface area contributed by atoms with Crippen molar-refractivity contribution in [2.24, 2.45) is 4.99 Å². The minimum Gasteiger partial charge on any atom is -0.308 e. The Kier molecular flexibility index (Phi) is 4.93. The van der Waals surface area contributed by atoms with Gasteiger partial charge in [-0.3, -0.25) is 19.5 Å². The fourth-order valence-electron chi connectivity index (χ4n) is 3.51. The molecular formula is C20H18ClN3O2S. The van der Waals surface area contributed by atoms with Gasteiger partial charge in [-0.2, -0.15) is 0 Å². The summed E-state index contributed by atoms with van der Waals surface area (Å²) in [6.45, 7) is 2.12. The van der Waals surface area contributed by atoms with Crippen molar-refractivity contribution in [3.05, 3.63) is 59.1 Å². The predicted molar refractivity (Wildman–Crippen MR) is 111 cm³/mol. The zero-order valence-electron chi connectivity index (χ0n) is 14.8. The predicted octanol–water partition coefficient (Wildman–Crippen LogP) is 3.75. The van der Waals surface area contributed by atoms with Gasteiger partial charge in [0.2, 0.25) is 5.91 Å². The van der Waals surface area contributed by atoms with E-state index in [1.54, 1.807) is 12.1 Å². The number of aliphatic imine (C=N–C) groups is 1. The van der Waals surface area contributed by atoms with Crippen molar-refractivity contribution < 1.29 is 9.59 Å². The molecule has 0 saturated carbocycles. The van der Waals surface area contributed by atoms with E-state index in [1.165, 1.54) is 22.2 Å². The zero-order chi connectivity index (χ0) is 19.0. The number of carbonyl (C=O) groups excluding carboxylic acids is 2. The van der Waals surface area contributed by atoms with Gasteiger partial charge in [-0.1, -0.05) is 53.7 Å². The Hall–Kier alpha value is -2.31. The molecule has 0 aliphatic carbocycles. The molecule has 27 heavy (non-hydrogen) atoms. The highest BCUT2D eigenvalue weighted by molar-refractivity contribution is 8.14. The first-order chi connectivity index (χ1) is 13.1. The van der Waals surface area contributed by atoms with E-state index >= 15 is 0 Å². The Bertz CT molecular complexity index is 946. The standard InChI is InChI=1S/C20H18ClN3O2S/c1-13-10-14-6-2-4-8-16(14)23(13)19(26)12-27-20-22-11-18(25)24(20)17-9-5-3-7-15(17)21/h2-9,13H,10-12H2,1H3/t13-/m1/s1. The summed E-state index contributed by atoms with van der Waals surface area (Å²) in [5, 5.41) is 0.996. The summed E-state index contributed by atoms with van der Waals surface area (Å²) in [5.41, 5.74) is 2.76. The van der Waals surface area contributed by atoms with Gasteiger partial charge in [-0.15, -0.1) is 0 Å². The van der Waals surface area contributed by atoms with Gasteiger partial charge in [0.05, 0.1) is 16.5 Å². The molecule has 0 unspecified atom stereocenters. The summed E-state index contributed by atoms with van der Waals surface area (Å²) in [4.78, 5) is 32.8. The summed E-state index contributed by atoms with van der Waals surface area (Å²) in [5.74, 6) is 0.0858. The largest absolute Gasteiger partial charge is 0.308 e. The molecule has 0 bridgehead atoms. The number of para-hydroxylation sites is 2. The summed E-state index contributed by atoms with van der Waals surface area (Å²) in [6, 6.07) is 15.3. The van der Waals surface area contributed by atoms with Crippen LogP contribution in [0.5, 0.6) is 0 Å². The highest BCUT2D eigenvalue weighted by atomic mass is 35.5. The number of carbonyl (C=O) groups is 2. The van der Waals surface area contributed by atoms with E-state index in [0.717, 1.165) is 12.1 Å². The van der Waals surface area contributed by atoms with Gasteiger partial charge in [-0.05, 0) is 37.1 Å². The van der Waals surface area contributed by atoms with Crippen molar-refractivity contribution in [2.75, 3.05) is 22.1 Å². The molecule has 1 atom stereocenters. The fraction of sp³-hybridized carbons (Fsp3) is 0.250. The third kappa shape index (κ3) is 3.35. The molecule has 0 fully saturated rings. The smallest absolute Gasteiger partial charge is 0.254 e. The van der Waals surface area contributed by atoms with E-state index in [0.29, 0.717) is 15.9 Å². The number of benzene rings is 2. The number of fused-ring (bicyclic) bond motifs is 1. The first-order valence-corrected chi connectivity index (χ1v) is 10.1. The van der Waals surface area contributed by atoms with E-state index < -0.39 is 0 Å². The maximum Gasteiger partial charge on any atom is 0.254 e. The second-order valence-electron chi connectivity index (χ2n) is 6.51. The van der Waals surface area contributed by atoms with Crippen LogP contribution in [0.1, 0.15) is 12.5 Å². The van der Waals surface area contributed by atoms with Crippen LogP contribution in [0, 0.1) is 0 Å². The van der Waals surface area contributed by atoms with Crippen molar-refractivity contribution >= 4 is 51.7 Å². The summed E-state index contributed by atoms with van der Waals surface area (Å²) in [7, 11) is 0. The number of amides is 2. The Labute approximate surface area is 167 Å². The van der Waals surface area contributed by atoms with Crippen molar-refractivity contribution in [3.63, 3.8) is 0 Å². The van der Waals surface area contributed by atoms with Gasteiger partial charge in [0.25, 0.3) is 5.91 Å². The van der Waals surface area contributed by atoms with Gasteiger partial charge in [-0.25, -0.2) is 0 Å². The molecule has 2 aliphatic heterocycles. The van der Waals surface area contributed by atoms with Gasteiger partial charge in [0.1, 0.15) is 6.54 Å². The van der Waals surface area contributed by atoms with E-state index in [2.05, 4.69) is 18.0 Å². The first-order valence-electron chi connectivity index (χ1n) is 8.71. The maximum absolute atomic E-state index is 12.9. The minimum atomic E-state index is -0.141. The highest BCUT2D eigenvalue weighted by Gasteiger charge is 2.33. The van der Waals surface area contributed by atoms with Crippen molar-refractivity contribution in [2.45, 2.75) is 19.4 Å². The number of anilines is 2. The molecule has 4 rings (SSSR count). The number of hydrogen-bond donors (Lipinski definition) is 0. The second kappa shape index (κ2) is 7.37. The lowest BCUT2D eigenvalue weighted by atomic mass is 10.1. The van der Waals surface area contributed by atoms with Gasteiger partial charge in [0, 0.05) is 11.7 Å². The van der Waals surface area contributed by atoms with Crippen LogP contribution < -0.4 is 9.80 Å². The number of amidine groups is 1. The lowest BCUT2D eigenvalue weighted by Gasteiger charge is -2.23. The summed E-state index contributed by atoms with van der Waals surface area (Å²) < 4.78 is 0. The van der Waals surface area contributed by atoms with Crippen LogP contribution in [0.25, 0.3) is 0 Å². The molecule has 2 heterocycles. The van der Waals surface area contributed by atoms with Crippen molar-refractivity contribution in [3.8, 4) is 0 Å². The molecule has 7 heteroatoms. The lowest BCUT2D eigenvalue weighted by Crippen LogP contribution is -2.38. The molecule has 2 aromatic rings. The number of nitrogens with zero attached hydrogens (tertiary/aromatic N) is 3. The third-order valence-electron chi connectivity index (χ3n) is 4.68. The van der Waals surface area contributed by atoms with E-state index in [9.17, 15) is 9.59 Å². The molecule has 2 amide bonds. The first kappa shape index (κ1) is 18.1. The van der Waals surface area contributed by atoms with Crippen molar-refractivity contribution in [1.29, 1.82) is 0 Å². The SMILES string of the molecule is C[C@@H]1Cc2ccccc2N1C(=O)CSC1=NCC(=O)N1c1ccccc1Cl. The van der Waals surface area contributed by atoms with Crippen LogP contribution in [0.2, 0.25) is 5.02 Å². The normalized spacial score (nSPS) is 18.7. The molecule has 5 nitrogen and oxygen atoms in total. The zero-order valence-corrected chi connectivity index (χ0v) is 16.3. The molecule has 0 N–H and O–H groups in total. The quantitative estimate of drug-likeness (QED) is 0.789. The average Bonchev–Trinajstić information content (AvgIpc) is 3.19. The Morgan fingerprint density at radius 1 is 1.19 bits per heavy atom. The highest BCUT2D eigenvalue weighted by Crippen LogP contribution is 2.34. The van der Waals surface area contributed by atoms with Crippen LogP contribution in [0.4, 0.5) is 11.4 Å². The van der Waals surface area contributed by atoms with Crippen LogP contribution >= 0.6 is 23.4 Å². The number of halogens is 1. The molecule has 0 spiro atoms. The summed E-state index contributed by atoms with van der Waals surface area (Å²) >= 11 is 7.52. The molecule has 0 saturated heterocycles. The minimum absolute atomic E-state index is 0.0126. The van der Waals surface area contributed by atoms with Gasteiger partial charge in [0.15, 0.2) is 5.17 Å². The third-order valence-corrected chi connectivity index (χ3v) is 5.97. The maximum atomic E-state index is 12.9. The number of hydrogen-bond acceptors (Lipinski definition) is 4. The Morgan fingerprint density at radius 2 is 1.89 bits per heavy atom. The second-order valence-corrected chi connectivity index (χ2v) is 7.86. The van der Waals surface area contributed by atoms with Crippen LogP contribution in [-0.2, 0) is 16.0 Å². The van der Waals surface area contributed by atoms with E-state index in [1.807, 2.05) is 35.2 Å². The van der Waals surface area contributed by atoms with Crippen LogP contribution in [0.3, 0.4) is 0 Å². The van der Waals surface area contributed by atoms with E-state index in [-0.39, 0.29) is 30.2 Å². The molecule has 0 aromatic heterocycles. The average molecular weight is 400 g/mol. The topological polar surface area (TPSA) is 53.0 Å². The summed E-state index contributed by atoms with van der Waals surface area (Å²) in [6.07, 6.45) is 0.859. The monoisotopic (exact) mass is 399 g/mol. The molecule has 0 radical (unpaired) electrons. The van der Waals surface area contributed by atoms with Gasteiger partial charge >= 0.3 is 0 Å². The van der Waals surface area contributed by atoms with Crippen LogP contribution in [-0.4, -0.2) is 35.3 Å². The number of thioether (sulfide) groups is 1. The van der Waals surface area contributed by atoms with Crippen molar-refractivity contribution in [1.82, 2.24) is 0 Å². The Balaban J connectivity index is 1.49. The molecule has 2 aliphatic rings. The Morgan fingerprint density at radius 3 is 2.67 bits per heavy atom. The fourth-order valence-corrected chi connectivity index (χ4v) is 4.60. The van der Waals surface area contributed by atoms with E-state index in [4.69, 9.17) is 11.6 Å². The van der Waals surface area contributed by atoms with Gasteiger partial charge < -0.3 is 4.90 Å². The lowest BCUT2D eigenvalue weighted by molar-refractivity contribution is -0.117. The van der Waals surface area contributed by atoms with Crippen LogP contribution in [0.15, 0.2) is 53.5 Å². The number of rotatable bonds is 3.